The number of methoxy groups -OCH3 is 2. The van der Waals surface area contributed by atoms with Gasteiger partial charge in [0, 0.05) is 6.20 Å². The normalized spacial score (nSPS) is 10.2. The number of rotatable bonds is 7. The average Bonchev–Trinajstić information content (AvgIpc) is 2.59. The summed E-state index contributed by atoms with van der Waals surface area (Å²) in [6.45, 7) is 2.49. The Kier molecular flexibility index (Phi) is 5.35. The van der Waals surface area contributed by atoms with E-state index in [4.69, 9.17) is 19.9 Å². The first-order chi connectivity index (χ1) is 11.1. The van der Waals surface area contributed by atoms with Gasteiger partial charge in [-0.25, -0.2) is 4.98 Å². The van der Waals surface area contributed by atoms with Gasteiger partial charge < -0.3 is 19.9 Å². The highest BCUT2D eigenvalue weighted by Gasteiger charge is 2.15. The molecular weight excluding hydrogens is 298 g/mol. The summed E-state index contributed by atoms with van der Waals surface area (Å²) in [7, 11) is 2.97. The summed E-state index contributed by atoms with van der Waals surface area (Å²) in [5.41, 5.74) is 7.07. The zero-order chi connectivity index (χ0) is 16.8. The predicted octanol–water partition coefficient (Wildman–Crippen LogP) is 2.05. The number of nitrogens with two attached hydrogens (primary N) is 1. The number of carbonyl (C=O) groups is 1. The number of ether oxygens (including phenoxy) is 3. The Morgan fingerprint density at radius 2 is 2.04 bits per heavy atom. The van der Waals surface area contributed by atoms with Crippen LogP contribution in [0.4, 0.5) is 0 Å². The number of benzene rings is 1. The van der Waals surface area contributed by atoms with Gasteiger partial charge in [-0.1, -0.05) is 13.0 Å². The number of hydrogen-bond acceptors (Lipinski definition) is 6. The highest BCUT2D eigenvalue weighted by molar-refractivity contribution is 5.97. The molecule has 0 fully saturated rings. The van der Waals surface area contributed by atoms with Gasteiger partial charge in [-0.05, 0) is 24.1 Å². The van der Waals surface area contributed by atoms with E-state index in [9.17, 15) is 4.79 Å². The first-order valence-electron chi connectivity index (χ1n) is 7.12. The number of amides is 1. The van der Waals surface area contributed by atoms with Crippen LogP contribution in [-0.4, -0.2) is 36.7 Å². The van der Waals surface area contributed by atoms with Crippen LogP contribution in [0.3, 0.4) is 0 Å². The van der Waals surface area contributed by atoms with Crippen molar-refractivity contribution in [1.29, 1.82) is 0 Å². The van der Waals surface area contributed by atoms with Gasteiger partial charge in [0.25, 0.3) is 5.91 Å². The van der Waals surface area contributed by atoms with Crippen LogP contribution in [0.1, 0.15) is 23.7 Å². The van der Waals surface area contributed by atoms with Crippen molar-refractivity contribution in [3.05, 3.63) is 30.0 Å². The number of hydrogen-bond donors (Lipinski definition) is 1. The van der Waals surface area contributed by atoms with Gasteiger partial charge in [-0.15, -0.1) is 0 Å². The Hall–Kier alpha value is -2.83. The van der Waals surface area contributed by atoms with Gasteiger partial charge in [-0.3, -0.25) is 4.79 Å². The summed E-state index contributed by atoms with van der Waals surface area (Å²) in [6, 6.07) is 5.34. The number of carbonyl (C=O) groups excluding carboxylic acids is 1. The first-order valence-corrected chi connectivity index (χ1v) is 7.12. The highest BCUT2D eigenvalue weighted by atomic mass is 16.5. The van der Waals surface area contributed by atoms with E-state index in [1.807, 2.05) is 6.92 Å². The lowest BCUT2D eigenvalue weighted by molar-refractivity contribution is 0.0996. The molecule has 23 heavy (non-hydrogen) atoms. The molecule has 0 spiro atoms. The Morgan fingerprint density at radius 1 is 1.26 bits per heavy atom. The van der Waals surface area contributed by atoms with E-state index in [2.05, 4.69) is 9.97 Å². The fourth-order valence-corrected chi connectivity index (χ4v) is 2.03. The van der Waals surface area contributed by atoms with Crippen molar-refractivity contribution in [2.24, 2.45) is 5.73 Å². The minimum atomic E-state index is -0.564. The molecule has 122 valence electrons. The molecule has 0 saturated heterocycles. The zero-order valence-corrected chi connectivity index (χ0v) is 13.3. The minimum Gasteiger partial charge on any atom is -0.493 e. The van der Waals surface area contributed by atoms with E-state index in [0.717, 1.165) is 6.42 Å². The van der Waals surface area contributed by atoms with Crippen LogP contribution in [0.2, 0.25) is 0 Å². The van der Waals surface area contributed by atoms with Crippen molar-refractivity contribution in [2.75, 3.05) is 20.8 Å². The summed E-state index contributed by atoms with van der Waals surface area (Å²) in [4.78, 5) is 19.9. The smallest absolute Gasteiger partial charge is 0.319 e. The van der Waals surface area contributed by atoms with Crippen molar-refractivity contribution in [2.45, 2.75) is 13.3 Å². The Bertz CT molecular complexity index is 704. The molecule has 0 aliphatic carbocycles. The maximum atomic E-state index is 11.7. The van der Waals surface area contributed by atoms with Crippen molar-refractivity contribution >= 4 is 5.91 Å². The first kappa shape index (κ1) is 16.5. The zero-order valence-electron chi connectivity index (χ0n) is 13.3. The molecule has 0 aliphatic heterocycles. The van der Waals surface area contributed by atoms with E-state index >= 15 is 0 Å². The molecule has 0 atom stereocenters. The Labute approximate surface area is 134 Å². The molecule has 1 aromatic heterocycles. The van der Waals surface area contributed by atoms with Crippen molar-refractivity contribution in [3.63, 3.8) is 0 Å². The molecule has 0 saturated carbocycles. The maximum absolute atomic E-state index is 11.7. The van der Waals surface area contributed by atoms with Crippen LogP contribution in [0.5, 0.6) is 17.6 Å². The van der Waals surface area contributed by atoms with Gasteiger partial charge in [-0.2, -0.15) is 4.98 Å². The summed E-state index contributed by atoms with van der Waals surface area (Å²) < 4.78 is 15.8. The van der Waals surface area contributed by atoms with Gasteiger partial charge in [0.2, 0.25) is 5.88 Å². The lowest BCUT2D eigenvalue weighted by atomic mass is 10.0. The number of primary amides is 1. The number of aromatic nitrogens is 2. The minimum absolute atomic E-state index is 0.198. The largest absolute Gasteiger partial charge is 0.493 e. The molecule has 7 heteroatoms. The third-order valence-electron chi connectivity index (χ3n) is 3.13. The summed E-state index contributed by atoms with van der Waals surface area (Å²) >= 11 is 0. The van der Waals surface area contributed by atoms with E-state index in [0.29, 0.717) is 34.9 Å². The topological polar surface area (TPSA) is 96.6 Å². The fourth-order valence-electron chi connectivity index (χ4n) is 2.03. The van der Waals surface area contributed by atoms with E-state index in [1.54, 1.807) is 24.4 Å². The molecule has 2 N–H and O–H groups in total. The number of nitrogens with zero attached hydrogens (tertiary/aromatic N) is 2. The second-order valence-electron chi connectivity index (χ2n) is 4.70. The van der Waals surface area contributed by atoms with Crippen molar-refractivity contribution in [3.8, 4) is 28.8 Å². The second-order valence-corrected chi connectivity index (χ2v) is 4.70. The van der Waals surface area contributed by atoms with Crippen LogP contribution in [-0.2, 0) is 0 Å². The molecule has 2 aromatic rings. The van der Waals surface area contributed by atoms with Crippen molar-refractivity contribution < 1.29 is 19.0 Å². The Morgan fingerprint density at radius 3 is 2.65 bits per heavy atom. The molecule has 0 radical (unpaired) electrons. The van der Waals surface area contributed by atoms with Gasteiger partial charge >= 0.3 is 6.01 Å². The predicted molar refractivity (Wildman–Crippen MR) is 84.9 cm³/mol. The van der Waals surface area contributed by atoms with Crippen LogP contribution in [0.15, 0.2) is 24.4 Å². The van der Waals surface area contributed by atoms with Crippen LogP contribution in [0.25, 0.3) is 11.1 Å². The lowest BCUT2D eigenvalue weighted by Gasteiger charge is -2.12. The third kappa shape index (κ3) is 3.68. The molecular formula is C16H19N3O4. The Balaban J connectivity index is 2.48. The van der Waals surface area contributed by atoms with Crippen LogP contribution >= 0.6 is 0 Å². The molecule has 1 amide bonds. The monoisotopic (exact) mass is 317 g/mol. The van der Waals surface area contributed by atoms with E-state index in [-0.39, 0.29) is 6.01 Å². The third-order valence-corrected chi connectivity index (χ3v) is 3.13. The van der Waals surface area contributed by atoms with Crippen molar-refractivity contribution in [1.82, 2.24) is 9.97 Å². The second kappa shape index (κ2) is 7.44. The molecule has 1 aromatic carbocycles. The molecule has 7 nitrogen and oxygen atoms in total. The summed E-state index contributed by atoms with van der Waals surface area (Å²) in [6.07, 6.45) is 2.40. The lowest BCUT2D eigenvalue weighted by Crippen LogP contribution is -2.13. The van der Waals surface area contributed by atoms with Gasteiger partial charge in [0.15, 0.2) is 0 Å². The van der Waals surface area contributed by atoms with Crippen LogP contribution in [0, 0.1) is 0 Å². The SMILES string of the molecule is CCCOc1ccc(-c2cnc(OC)nc2OC)cc1C(N)=O. The van der Waals surface area contributed by atoms with E-state index < -0.39 is 5.91 Å². The maximum Gasteiger partial charge on any atom is 0.319 e. The van der Waals surface area contributed by atoms with E-state index in [1.165, 1.54) is 14.2 Å². The molecule has 0 unspecified atom stereocenters. The average molecular weight is 317 g/mol. The van der Waals surface area contributed by atoms with Gasteiger partial charge in [0.1, 0.15) is 5.75 Å². The standard InChI is InChI=1S/C16H19N3O4/c1-4-7-23-13-6-5-10(8-11(13)14(17)20)12-9-18-16(22-3)19-15(12)21-2/h5-6,8-9H,4,7H2,1-3H3,(H2,17,20). The highest BCUT2D eigenvalue weighted by Crippen LogP contribution is 2.32. The fraction of sp³-hybridized carbons (Fsp3) is 0.312. The molecule has 2 rings (SSSR count). The quantitative estimate of drug-likeness (QED) is 0.839. The van der Waals surface area contributed by atoms with Crippen LogP contribution < -0.4 is 19.9 Å². The molecule has 1 heterocycles. The van der Waals surface area contributed by atoms with Gasteiger partial charge in [0.05, 0.1) is 32.0 Å². The summed E-state index contributed by atoms with van der Waals surface area (Å²) in [5.74, 6) is 0.234. The molecule has 0 bridgehead atoms. The summed E-state index contributed by atoms with van der Waals surface area (Å²) in [5, 5.41) is 0. The molecule has 0 aliphatic rings.